The Morgan fingerprint density at radius 3 is 2.51 bits per heavy atom. The van der Waals surface area contributed by atoms with Crippen molar-refractivity contribution < 1.29 is 46.1 Å². The number of aliphatic hydroxyl groups is 1. The van der Waals surface area contributed by atoms with Crippen LogP contribution in [0, 0.1) is 17.6 Å². The van der Waals surface area contributed by atoms with Gasteiger partial charge in [-0.05, 0) is 60.2 Å². The fraction of sp³-hybridized carbons (Fsp3) is 0.500. The van der Waals surface area contributed by atoms with E-state index in [1.807, 2.05) is 18.2 Å². The Hall–Kier alpha value is -3.55. The van der Waals surface area contributed by atoms with Crippen molar-refractivity contribution >= 4 is 11.8 Å². The summed E-state index contributed by atoms with van der Waals surface area (Å²) in [4.78, 5) is 27.6. The second kappa shape index (κ2) is 14.7. The summed E-state index contributed by atoms with van der Waals surface area (Å²) in [6.07, 6.45) is -3.94. The number of nitrogens with zero attached hydrogens (tertiary/aromatic N) is 1. The fourth-order valence-corrected chi connectivity index (χ4v) is 5.89. The summed E-state index contributed by atoms with van der Waals surface area (Å²) in [5.41, 5.74) is 2.02. The molecule has 0 saturated carbocycles. The van der Waals surface area contributed by atoms with E-state index in [4.69, 9.17) is 9.47 Å². The number of hydrogen-bond acceptors (Lipinski definition) is 6. The van der Waals surface area contributed by atoms with E-state index in [1.165, 1.54) is 7.05 Å². The summed E-state index contributed by atoms with van der Waals surface area (Å²) in [5, 5.41) is 17.3. The highest BCUT2D eigenvalue weighted by molar-refractivity contribution is 5.88. The van der Waals surface area contributed by atoms with Crippen molar-refractivity contribution in [3.8, 4) is 5.75 Å². The molecular formula is C32H38F5N3O5. The first kappa shape index (κ1) is 34.3. The van der Waals surface area contributed by atoms with Crippen LogP contribution in [0.2, 0.25) is 0 Å². The Labute approximate surface area is 258 Å². The van der Waals surface area contributed by atoms with Crippen molar-refractivity contribution in [2.45, 2.75) is 69.1 Å². The summed E-state index contributed by atoms with van der Waals surface area (Å²) in [6, 6.07) is 5.90. The number of rotatable bonds is 6. The van der Waals surface area contributed by atoms with E-state index in [0.717, 1.165) is 35.1 Å². The summed E-state index contributed by atoms with van der Waals surface area (Å²) >= 11 is 0. The number of halogens is 5. The molecule has 2 aromatic rings. The minimum atomic E-state index is -4.58. The van der Waals surface area contributed by atoms with Gasteiger partial charge in [0.1, 0.15) is 23.4 Å². The Morgan fingerprint density at radius 2 is 1.84 bits per heavy atom. The minimum absolute atomic E-state index is 0.0446. The molecule has 1 heterocycles. The average Bonchev–Trinajstić information content (AvgIpc) is 3.31. The predicted molar refractivity (Wildman–Crippen MR) is 155 cm³/mol. The van der Waals surface area contributed by atoms with Gasteiger partial charge >= 0.3 is 6.18 Å². The molecule has 246 valence electrons. The number of nitrogens with one attached hydrogen (secondary N) is 2. The third-order valence-corrected chi connectivity index (χ3v) is 8.21. The monoisotopic (exact) mass is 639 g/mol. The number of fused-ring (bicyclic) bond motifs is 5. The zero-order valence-corrected chi connectivity index (χ0v) is 25.2. The predicted octanol–water partition coefficient (Wildman–Crippen LogP) is 4.53. The number of aliphatic hydroxyl groups excluding tert-OH is 1. The molecule has 0 fully saturated rings. The van der Waals surface area contributed by atoms with E-state index in [0.29, 0.717) is 18.2 Å². The highest BCUT2D eigenvalue weighted by Crippen LogP contribution is 2.42. The van der Waals surface area contributed by atoms with E-state index in [2.05, 4.69) is 10.6 Å². The van der Waals surface area contributed by atoms with Crippen LogP contribution in [0.15, 0.2) is 48.6 Å². The van der Waals surface area contributed by atoms with Crippen LogP contribution < -0.4 is 15.4 Å². The first-order valence-electron chi connectivity index (χ1n) is 14.7. The number of alkyl halides is 3. The van der Waals surface area contributed by atoms with E-state index in [-0.39, 0.29) is 43.7 Å². The Kier molecular flexibility index (Phi) is 11.2. The van der Waals surface area contributed by atoms with E-state index in [9.17, 15) is 36.6 Å². The van der Waals surface area contributed by atoms with Gasteiger partial charge in [-0.2, -0.15) is 13.2 Å². The first-order chi connectivity index (χ1) is 21.3. The highest BCUT2D eigenvalue weighted by Gasteiger charge is 2.38. The summed E-state index contributed by atoms with van der Waals surface area (Å²) in [5.74, 6) is -4.11. The Balaban J connectivity index is 1.65. The number of likely N-dealkylation sites (N-methyl/N-ethyl adjacent to an activating group) is 1. The van der Waals surface area contributed by atoms with Gasteiger partial charge in [0, 0.05) is 31.6 Å². The molecule has 2 aromatic carbocycles. The van der Waals surface area contributed by atoms with Gasteiger partial charge in [-0.25, -0.2) is 8.78 Å². The minimum Gasteiger partial charge on any atom is -0.497 e. The van der Waals surface area contributed by atoms with Crippen LogP contribution in [0.5, 0.6) is 5.75 Å². The van der Waals surface area contributed by atoms with Gasteiger partial charge < -0.3 is 30.1 Å². The van der Waals surface area contributed by atoms with Crippen LogP contribution >= 0.6 is 0 Å². The zero-order chi connectivity index (χ0) is 32.9. The fourth-order valence-electron chi connectivity index (χ4n) is 5.89. The molecule has 13 heteroatoms. The van der Waals surface area contributed by atoms with Gasteiger partial charge in [0.25, 0.3) is 0 Å². The number of β-amino-alcohol motifs (C(OH)–C–C–N with tert-alkyl or cyclic N) is 1. The Bertz CT molecular complexity index is 1370. The molecule has 4 rings (SSSR count). The quantitative estimate of drug-likeness (QED) is 0.318. The molecule has 8 nitrogen and oxygen atoms in total. The van der Waals surface area contributed by atoms with Gasteiger partial charge in [-0.3, -0.25) is 9.59 Å². The molecule has 0 radical (unpaired) electrons. The van der Waals surface area contributed by atoms with Crippen LogP contribution in [0.4, 0.5) is 22.0 Å². The van der Waals surface area contributed by atoms with Gasteiger partial charge in [0.05, 0.1) is 38.4 Å². The van der Waals surface area contributed by atoms with Crippen molar-refractivity contribution in [3.63, 3.8) is 0 Å². The lowest BCUT2D eigenvalue weighted by molar-refractivity contribution is -0.159. The first-order valence-corrected chi connectivity index (χ1v) is 14.7. The van der Waals surface area contributed by atoms with Gasteiger partial charge in [-0.1, -0.05) is 25.1 Å². The third kappa shape index (κ3) is 9.01. The van der Waals surface area contributed by atoms with Crippen molar-refractivity contribution in [3.05, 3.63) is 76.9 Å². The van der Waals surface area contributed by atoms with E-state index in [1.54, 1.807) is 19.3 Å². The number of hydrogen-bond donors (Lipinski definition) is 3. The maximum atomic E-state index is 14.0. The molecule has 1 aliphatic heterocycles. The lowest BCUT2D eigenvalue weighted by Crippen LogP contribution is -2.55. The van der Waals surface area contributed by atoms with Crippen molar-refractivity contribution in [1.29, 1.82) is 0 Å². The lowest BCUT2D eigenvalue weighted by atomic mass is 9.98. The second-order valence-electron chi connectivity index (χ2n) is 11.6. The highest BCUT2D eigenvalue weighted by atomic mass is 19.4. The number of methoxy groups -OCH3 is 1. The molecule has 1 aliphatic carbocycles. The van der Waals surface area contributed by atoms with Crippen LogP contribution in [0.3, 0.4) is 0 Å². The van der Waals surface area contributed by atoms with Crippen LogP contribution in [-0.2, 0) is 20.7 Å². The summed E-state index contributed by atoms with van der Waals surface area (Å²) < 4.78 is 78.7. The van der Waals surface area contributed by atoms with Gasteiger partial charge in [-0.15, -0.1) is 0 Å². The zero-order valence-electron chi connectivity index (χ0n) is 25.2. The number of amides is 2. The van der Waals surface area contributed by atoms with Crippen molar-refractivity contribution in [1.82, 2.24) is 15.5 Å². The normalized spacial score (nSPS) is 25.7. The standard InChI is InChI=1S/C32H38F5N3O5/c1-18(16-32(35,36)37)31(43)40(2)27-6-4-5-9-45-29-15-25(24-14-22(44-3)7-8-23(24)29)38-17-28(41)26(39-30(27)42)12-19-10-20(33)13-21(34)11-19/h4-5,7-8,10-11,13-14,18,25-29,38,41H,6,9,12,15-17H2,1-3H3,(H,39,42)/b5-4-/t18?,25-,26-,27-,28+,29+/m0/s1. The molecule has 3 N–H and O–H groups in total. The SMILES string of the molecule is COc1ccc2c(c1)[C@@H]1C[C@H]2OC/C=C\C[C@H](N(C)C(=O)C(C)CC(F)(F)F)C(=O)N[C@@H](Cc2cc(F)cc(F)c2)[C@H](O)CN1. The smallest absolute Gasteiger partial charge is 0.389 e. The van der Waals surface area contributed by atoms with Crippen LogP contribution in [0.1, 0.15) is 55.0 Å². The van der Waals surface area contributed by atoms with Gasteiger partial charge in [0.15, 0.2) is 0 Å². The maximum absolute atomic E-state index is 14.0. The maximum Gasteiger partial charge on any atom is 0.389 e. The molecule has 0 aromatic heterocycles. The molecule has 0 spiro atoms. The second-order valence-corrected chi connectivity index (χ2v) is 11.6. The largest absolute Gasteiger partial charge is 0.497 e. The van der Waals surface area contributed by atoms with E-state index < -0.39 is 60.2 Å². The van der Waals surface area contributed by atoms with Crippen molar-refractivity contribution in [2.24, 2.45) is 5.92 Å². The molecular weight excluding hydrogens is 601 g/mol. The number of carbonyl (C=O) groups excluding carboxylic acids is 2. The molecule has 0 saturated heterocycles. The molecule has 2 aliphatic rings. The van der Waals surface area contributed by atoms with Crippen LogP contribution in [-0.4, -0.2) is 73.5 Å². The number of carbonyl (C=O) groups is 2. The molecule has 1 unspecified atom stereocenters. The topological polar surface area (TPSA) is 100 Å². The van der Waals surface area contributed by atoms with Crippen LogP contribution in [0.25, 0.3) is 0 Å². The summed E-state index contributed by atoms with van der Waals surface area (Å²) in [7, 11) is 2.80. The Morgan fingerprint density at radius 1 is 1.13 bits per heavy atom. The van der Waals surface area contributed by atoms with Gasteiger partial charge in [0.2, 0.25) is 11.8 Å². The lowest BCUT2D eigenvalue weighted by Gasteiger charge is -2.32. The average molecular weight is 640 g/mol. The molecule has 2 bridgehead atoms. The summed E-state index contributed by atoms with van der Waals surface area (Å²) in [6.45, 7) is 1.26. The van der Waals surface area contributed by atoms with Crippen molar-refractivity contribution in [2.75, 3.05) is 27.3 Å². The molecule has 45 heavy (non-hydrogen) atoms. The van der Waals surface area contributed by atoms with E-state index >= 15 is 0 Å². The molecule has 2 amide bonds. The number of benzene rings is 2. The third-order valence-electron chi connectivity index (χ3n) is 8.21. The molecule has 6 atom stereocenters. The number of ether oxygens (including phenoxy) is 2.